The first-order valence-electron chi connectivity index (χ1n) is 7.33. The number of hydrogen-bond donors (Lipinski definition) is 2. The van der Waals surface area contributed by atoms with Crippen LogP contribution in [0, 0.1) is 5.41 Å². The molecule has 1 aromatic rings. The number of rotatable bonds is 5. The third kappa shape index (κ3) is 3.64. The predicted octanol–water partition coefficient (Wildman–Crippen LogP) is 2.37. The lowest BCUT2D eigenvalue weighted by atomic mass is 9.64. The van der Waals surface area contributed by atoms with Crippen LogP contribution in [-0.2, 0) is 4.79 Å². The molecule has 0 aromatic heterocycles. The molecule has 1 aromatic carbocycles. The second-order valence-corrected chi connectivity index (χ2v) is 5.97. The molecule has 4 heteroatoms. The average molecular weight is 289 g/mol. The molecule has 0 bridgehead atoms. The molecule has 2 N–H and O–H groups in total. The molecule has 21 heavy (non-hydrogen) atoms. The Morgan fingerprint density at radius 3 is 2.62 bits per heavy atom. The van der Waals surface area contributed by atoms with Gasteiger partial charge in [0.2, 0.25) is 5.91 Å². The fourth-order valence-corrected chi connectivity index (χ4v) is 2.38. The molecule has 2 rings (SSSR count). The van der Waals surface area contributed by atoms with Crippen LogP contribution in [0.3, 0.4) is 0 Å². The van der Waals surface area contributed by atoms with Crippen LogP contribution in [0.4, 0.5) is 0 Å². The molecule has 0 radical (unpaired) electrons. The highest BCUT2D eigenvalue weighted by molar-refractivity contribution is 5.92. The van der Waals surface area contributed by atoms with E-state index in [1.165, 1.54) is 6.08 Å². The largest absolute Gasteiger partial charge is 0.494 e. The first-order chi connectivity index (χ1) is 9.93. The van der Waals surface area contributed by atoms with Crippen molar-refractivity contribution in [3.05, 3.63) is 35.9 Å². The summed E-state index contributed by atoms with van der Waals surface area (Å²) in [6, 6.07) is 7.61. The number of aliphatic hydroxyl groups excluding tert-OH is 1. The molecular formula is C17H23NO3. The minimum atomic E-state index is -0.335. The van der Waals surface area contributed by atoms with Crippen LogP contribution in [0.1, 0.15) is 32.8 Å². The van der Waals surface area contributed by atoms with Crippen molar-refractivity contribution < 1.29 is 14.6 Å². The Kier molecular flexibility index (Phi) is 4.68. The molecule has 114 valence electrons. The molecule has 2 unspecified atom stereocenters. The number of carbonyl (C=O) groups excluding carboxylic acids is 1. The van der Waals surface area contributed by atoms with Crippen LogP contribution in [0.2, 0.25) is 0 Å². The molecule has 1 fully saturated rings. The Hall–Kier alpha value is -1.81. The van der Waals surface area contributed by atoms with E-state index >= 15 is 0 Å². The smallest absolute Gasteiger partial charge is 0.244 e. The molecule has 1 amide bonds. The third-order valence-electron chi connectivity index (χ3n) is 4.15. The standard InChI is InChI=1S/C17H23NO3/c1-4-21-13-8-5-12(6-9-13)7-10-16(20)18-14-11-15(19)17(14,2)3/h5-10,14-15,19H,4,11H2,1-3H3,(H,18,20)/b10-7+. The number of hydrogen-bond acceptors (Lipinski definition) is 3. The molecule has 0 spiro atoms. The Balaban J connectivity index is 1.87. The summed E-state index contributed by atoms with van der Waals surface area (Å²) in [5.41, 5.74) is 0.698. The zero-order valence-corrected chi connectivity index (χ0v) is 12.8. The summed E-state index contributed by atoms with van der Waals surface area (Å²) in [4.78, 5) is 11.9. The summed E-state index contributed by atoms with van der Waals surface area (Å²) in [6.45, 7) is 6.50. The lowest BCUT2D eigenvalue weighted by Gasteiger charge is -2.49. The van der Waals surface area contributed by atoms with E-state index in [0.717, 1.165) is 11.3 Å². The van der Waals surface area contributed by atoms with Crippen molar-refractivity contribution >= 4 is 12.0 Å². The van der Waals surface area contributed by atoms with E-state index in [-0.39, 0.29) is 23.5 Å². The molecule has 1 aliphatic carbocycles. The molecule has 1 aliphatic rings. The Labute approximate surface area is 125 Å². The van der Waals surface area contributed by atoms with Crippen LogP contribution >= 0.6 is 0 Å². The van der Waals surface area contributed by atoms with Gasteiger partial charge in [-0.05, 0) is 37.1 Å². The minimum absolute atomic E-state index is 0.0324. The molecule has 2 atom stereocenters. The maximum atomic E-state index is 11.9. The second-order valence-electron chi connectivity index (χ2n) is 5.97. The van der Waals surface area contributed by atoms with Crippen molar-refractivity contribution in [2.24, 2.45) is 5.41 Å². The van der Waals surface area contributed by atoms with Gasteiger partial charge < -0.3 is 15.2 Å². The van der Waals surface area contributed by atoms with Crippen molar-refractivity contribution in [2.75, 3.05) is 6.61 Å². The van der Waals surface area contributed by atoms with Crippen molar-refractivity contribution in [2.45, 2.75) is 39.3 Å². The van der Waals surface area contributed by atoms with Crippen molar-refractivity contribution in [3.8, 4) is 5.75 Å². The SMILES string of the molecule is CCOc1ccc(/C=C/C(=O)NC2CC(O)C2(C)C)cc1. The van der Waals surface area contributed by atoms with Crippen molar-refractivity contribution in [1.29, 1.82) is 0 Å². The highest BCUT2D eigenvalue weighted by atomic mass is 16.5. The Morgan fingerprint density at radius 1 is 1.43 bits per heavy atom. The monoisotopic (exact) mass is 289 g/mol. The van der Waals surface area contributed by atoms with Gasteiger partial charge in [-0.1, -0.05) is 26.0 Å². The van der Waals surface area contributed by atoms with Crippen LogP contribution in [0.5, 0.6) is 5.75 Å². The lowest BCUT2D eigenvalue weighted by molar-refractivity contribution is -0.124. The number of nitrogens with one attached hydrogen (secondary N) is 1. The van der Waals surface area contributed by atoms with Gasteiger partial charge in [-0.25, -0.2) is 0 Å². The molecule has 0 heterocycles. The summed E-state index contributed by atoms with van der Waals surface area (Å²) < 4.78 is 5.37. The fraction of sp³-hybridized carbons (Fsp3) is 0.471. The Bertz CT molecular complexity index is 519. The van der Waals surface area contributed by atoms with E-state index in [2.05, 4.69) is 5.32 Å². The van der Waals surface area contributed by atoms with Gasteiger partial charge in [-0.15, -0.1) is 0 Å². The van der Waals surface area contributed by atoms with Crippen LogP contribution < -0.4 is 10.1 Å². The quantitative estimate of drug-likeness (QED) is 0.818. The van der Waals surface area contributed by atoms with Crippen LogP contribution in [0.25, 0.3) is 6.08 Å². The minimum Gasteiger partial charge on any atom is -0.494 e. The van der Waals surface area contributed by atoms with Crippen molar-refractivity contribution in [3.63, 3.8) is 0 Å². The van der Waals surface area contributed by atoms with Gasteiger partial charge in [0.05, 0.1) is 12.7 Å². The van der Waals surface area contributed by atoms with E-state index < -0.39 is 0 Å². The highest BCUT2D eigenvalue weighted by Crippen LogP contribution is 2.40. The zero-order chi connectivity index (χ0) is 15.5. The van der Waals surface area contributed by atoms with E-state index in [0.29, 0.717) is 13.0 Å². The van der Waals surface area contributed by atoms with E-state index in [1.807, 2.05) is 45.0 Å². The summed E-state index contributed by atoms with van der Waals surface area (Å²) in [6.07, 6.45) is 3.58. The number of amides is 1. The van der Waals surface area contributed by atoms with Gasteiger partial charge in [0.15, 0.2) is 0 Å². The maximum absolute atomic E-state index is 11.9. The van der Waals surface area contributed by atoms with Crippen LogP contribution in [-0.4, -0.2) is 29.8 Å². The van der Waals surface area contributed by atoms with Gasteiger partial charge >= 0.3 is 0 Å². The van der Waals surface area contributed by atoms with E-state index in [1.54, 1.807) is 6.08 Å². The van der Waals surface area contributed by atoms with Gasteiger partial charge in [0, 0.05) is 17.5 Å². The first kappa shape index (κ1) is 15.6. The van der Waals surface area contributed by atoms with Crippen molar-refractivity contribution in [1.82, 2.24) is 5.32 Å². The normalized spacial score (nSPS) is 23.6. The number of benzene rings is 1. The highest BCUT2D eigenvalue weighted by Gasteiger charge is 2.47. The summed E-state index contributed by atoms with van der Waals surface area (Å²) in [7, 11) is 0. The van der Waals surface area contributed by atoms with E-state index in [4.69, 9.17) is 4.74 Å². The lowest BCUT2D eigenvalue weighted by Crippen LogP contribution is -2.60. The van der Waals surface area contributed by atoms with Gasteiger partial charge in [0.1, 0.15) is 5.75 Å². The average Bonchev–Trinajstić information content (AvgIpc) is 2.46. The van der Waals surface area contributed by atoms with Gasteiger partial charge in [-0.3, -0.25) is 4.79 Å². The Morgan fingerprint density at radius 2 is 2.10 bits per heavy atom. The molecular weight excluding hydrogens is 266 g/mol. The molecule has 0 saturated heterocycles. The molecule has 0 aliphatic heterocycles. The fourth-order valence-electron chi connectivity index (χ4n) is 2.38. The maximum Gasteiger partial charge on any atom is 0.244 e. The topological polar surface area (TPSA) is 58.6 Å². The summed E-state index contributed by atoms with van der Waals surface area (Å²) in [5.74, 6) is 0.693. The van der Waals surface area contributed by atoms with Gasteiger partial charge in [-0.2, -0.15) is 0 Å². The zero-order valence-electron chi connectivity index (χ0n) is 12.8. The summed E-state index contributed by atoms with van der Waals surface area (Å²) in [5, 5.41) is 12.6. The molecule has 1 saturated carbocycles. The van der Waals surface area contributed by atoms with Crippen LogP contribution in [0.15, 0.2) is 30.3 Å². The number of ether oxygens (including phenoxy) is 1. The molecule has 4 nitrogen and oxygen atoms in total. The number of aliphatic hydroxyl groups is 1. The summed E-state index contributed by atoms with van der Waals surface area (Å²) >= 11 is 0. The third-order valence-corrected chi connectivity index (χ3v) is 4.15. The first-order valence-corrected chi connectivity index (χ1v) is 7.33. The van der Waals surface area contributed by atoms with E-state index in [9.17, 15) is 9.90 Å². The number of carbonyl (C=O) groups is 1. The van der Waals surface area contributed by atoms with Gasteiger partial charge in [0.25, 0.3) is 0 Å². The predicted molar refractivity (Wildman–Crippen MR) is 83.0 cm³/mol. The second kappa shape index (κ2) is 6.31.